The van der Waals surface area contributed by atoms with Crippen LogP contribution in [0.3, 0.4) is 0 Å². The van der Waals surface area contributed by atoms with Gasteiger partial charge < -0.3 is 4.74 Å². The van der Waals surface area contributed by atoms with E-state index in [1.54, 1.807) is 24.3 Å². The molecule has 6 nitrogen and oxygen atoms in total. The lowest BCUT2D eigenvalue weighted by atomic mass is 10.2. The Morgan fingerprint density at radius 3 is 2.95 bits per heavy atom. The van der Waals surface area contributed by atoms with Gasteiger partial charge in [-0.1, -0.05) is 13.0 Å². The Morgan fingerprint density at radius 2 is 2.33 bits per heavy atom. The first-order valence-corrected chi connectivity index (χ1v) is 6.96. The van der Waals surface area contributed by atoms with Gasteiger partial charge in [-0.3, -0.25) is 15.1 Å². The summed E-state index contributed by atoms with van der Waals surface area (Å²) in [7, 11) is 0. The molecule has 1 amide bonds. The number of hydrogen-bond donors (Lipinski definition) is 2. The molecule has 0 heterocycles. The lowest BCUT2D eigenvalue weighted by Crippen LogP contribution is -2.32. The maximum atomic E-state index is 11.4. The summed E-state index contributed by atoms with van der Waals surface area (Å²) < 4.78 is 5.64. The van der Waals surface area contributed by atoms with Crippen LogP contribution in [-0.4, -0.2) is 37.0 Å². The molecule has 1 rings (SSSR count). The number of carbonyl (C=O) groups excluding carboxylic acids is 1. The lowest BCUT2D eigenvalue weighted by molar-refractivity contribution is 0.0953. The van der Waals surface area contributed by atoms with E-state index in [4.69, 9.17) is 15.8 Å². The molecule has 1 atom stereocenters. The van der Waals surface area contributed by atoms with Crippen molar-refractivity contribution in [2.24, 2.45) is 11.8 Å². The van der Waals surface area contributed by atoms with E-state index in [-0.39, 0.29) is 11.8 Å². The fraction of sp³-hybridized carbons (Fsp3) is 0.467. The summed E-state index contributed by atoms with van der Waals surface area (Å²) in [4.78, 5) is 13.6. The highest BCUT2D eigenvalue weighted by atomic mass is 16.5. The molecule has 114 valence electrons. The highest BCUT2D eigenvalue weighted by Gasteiger charge is 2.08. The second-order valence-corrected chi connectivity index (χ2v) is 4.77. The van der Waals surface area contributed by atoms with E-state index >= 15 is 0 Å². The van der Waals surface area contributed by atoms with Crippen LogP contribution in [0.1, 0.15) is 24.2 Å². The Bertz CT molecular complexity index is 499. The zero-order valence-electron chi connectivity index (χ0n) is 12.5. The first-order valence-electron chi connectivity index (χ1n) is 6.96. The molecule has 3 N–H and O–H groups in total. The molecule has 0 spiro atoms. The Balaban J connectivity index is 2.48. The van der Waals surface area contributed by atoms with Gasteiger partial charge in [-0.2, -0.15) is 5.26 Å². The molecule has 0 aromatic heterocycles. The lowest BCUT2D eigenvalue weighted by Gasteiger charge is -2.21. The predicted molar refractivity (Wildman–Crippen MR) is 80.5 cm³/mol. The molecule has 0 aliphatic heterocycles. The Hall–Kier alpha value is -2.10. The minimum atomic E-state index is -0.349. The number of ether oxygens (including phenoxy) is 1. The summed E-state index contributed by atoms with van der Waals surface area (Å²) in [6.45, 7) is 6.78. The molecule has 1 aromatic rings. The van der Waals surface area contributed by atoms with Gasteiger partial charge in [-0.25, -0.2) is 5.84 Å². The number of rotatable bonds is 8. The number of nitrogen functional groups attached to an aromatic ring is 1. The van der Waals surface area contributed by atoms with Gasteiger partial charge in [-0.15, -0.1) is 0 Å². The normalized spacial score (nSPS) is 11.8. The van der Waals surface area contributed by atoms with Gasteiger partial charge in [0, 0.05) is 18.7 Å². The Labute approximate surface area is 125 Å². The second-order valence-electron chi connectivity index (χ2n) is 4.77. The van der Waals surface area contributed by atoms with Crippen molar-refractivity contribution >= 4 is 5.91 Å². The van der Waals surface area contributed by atoms with Gasteiger partial charge in [0.25, 0.3) is 5.91 Å². The smallest absolute Gasteiger partial charge is 0.265 e. The second kappa shape index (κ2) is 8.95. The summed E-state index contributed by atoms with van der Waals surface area (Å²) >= 11 is 0. The van der Waals surface area contributed by atoms with Crippen molar-refractivity contribution in [3.05, 3.63) is 29.8 Å². The maximum Gasteiger partial charge on any atom is 0.265 e. The number of benzene rings is 1. The Morgan fingerprint density at radius 1 is 1.57 bits per heavy atom. The van der Waals surface area contributed by atoms with Gasteiger partial charge in [0.1, 0.15) is 12.4 Å². The molecule has 1 unspecified atom stereocenters. The highest BCUT2D eigenvalue weighted by molar-refractivity contribution is 5.94. The molecule has 0 aliphatic rings. The molecule has 0 aliphatic carbocycles. The van der Waals surface area contributed by atoms with Crippen molar-refractivity contribution < 1.29 is 9.53 Å². The average molecular weight is 290 g/mol. The molecule has 0 fully saturated rings. The molecular weight excluding hydrogens is 268 g/mol. The summed E-state index contributed by atoms with van der Waals surface area (Å²) in [6, 6.07) is 9.08. The van der Waals surface area contributed by atoms with E-state index in [9.17, 15) is 4.79 Å². The first kappa shape index (κ1) is 17.0. The quantitative estimate of drug-likeness (QED) is 0.426. The molecule has 6 heteroatoms. The number of nitrogens with one attached hydrogen (secondary N) is 1. The largest absolute Gasteiger partial charge is 0.492 e. The third-order valence-corrected chi connectivity index (χ3v) is 3.10. The van der Waals surface area contributed by atoms with Gasteiger partial charge in [-0.05, 0) is 31.7 Å². The van der Waals surface area contributed by atoms with E-state index in [1.165, 1.54) is 0 Å². The topological polar surface area (TPSA) is 91.4 Å². The number of hydrazine groups is 1. The van der Waals surface area contributed by atoms with E-state index in [1.807, 2.05) is 6.92 Å². The molecule has 21 heavy (non-hydrogen) atoms. The van der Waals surface area contributed by atoms with Gasteiger partial charge in [0.2, 0.25) is 0 Å². The van der Waals surface area contributed by atoms with Crippen LogP contribution >= 0.6 is 0 Å². The van der Waals surface area contributed by atoms with Crippen LogP contribution in [0.5, 0.6) is 5.75 Å². The van der Waals surface area contributed by atoms with Crippen molar-refractivity contribution in [1.82, 2.24) is 10.3 Å². The third-order valence-electron chi connectivity index (χ3n) is 3.10. The number of carbonyl (C=O) groups is 1. The standard InChI is InChI=1S/C15H22N4O2/c1-3-19(11-12(2)10-16)7-8-21-14-6-4-5-13(9-14)15(20)18-17/h4-6,9,12H,3,7-8,11,17H2,1-2H3,(H,18,20). The van der Waals surface area contributed by atoms with Crippen LogP contribution < -0.4 is 16.0 Å². The molecular formula is C15H22N4O2. The van der Waals surface area contributed by atoms with Gasteiger partial charge >= 0.3 is 0 Å². The number of nitrogens with zero attached hydrogens (tertiary/aromatic N) is 2. The third kappa shape index (κ3) is 5.81. The predicted octanol–water partition coefficient (Wildman–Crippen LogP) is 1.15. The van der Waals surface area contributed by atoms with Crippen LogP contribution in [0, 0.1) is 17.2 Å². The molecule has 1 aromatic carbocycles. The average Bonchev–Trinajstić information content (AvgIpc) is 2.53. The minimum Gasteiger partial charge on any atom is -0.492 e. The van der Waals surface area contributed by atoms with E-state index in [0.29, 0.717) is 17.9 Å². The van der Waals surface area contributed by atoms with Crippen LogP contribution in [0.15, 0.2) is 24.3 Å². The van der Waals surface area contributed by atoms with Crippen molar-refractivity contribution in [2.45, 2.75) is 13.8 Å². The number of amides is 1. The minimum absolute atomic E-state index is 0.00141. The number of likely N-dealkylation sites (N-methyl/N-ethyl adjacent to an activating group) is 1. The fourth-order valence-electron chi connectivity index (χ4n) is 1.91. The molecule has 0 radical (unpaired) electrons. The van der Waals surface area contributed by atoms with Crippen LogP contribution in [0.25, 0.3) is 0 Å². The van der Waals surface area contributed by atoms with Crippen molar-refractivity contribution in [1.29, 1.82) is 5.26 Å². The van der Waals surface area contributed by atoms with Crippen LogP contribution in [0.4, 0.5) is 0 Å². The Kier molecular flexibility index (Phi) is 7.23. The van der Waals surface area contributed by atoms with Crippen molar-refractivity contribution in [3.63, 3.8) is 0 Å². The van der Waals surface area contributed by atoms with Gasteiger partial charge in [0.15, 0.2) is 0 Å². The van der Waals surface area contributed by atoms with E-state index in [0.717, 1.165) is 19.6 Å². The summed E-state index contributed by atoms with van der Waals surface area (Å²) in [5.41, 5.74) is 2.55. The first-order chi connectivity index (χ1) is 10.1. The monoisotopic (exact) mass is 290 g/mol. The summed E-state index contributed by atoms with van der Waals surface area (Å²) in [5.74, 6) is 5.38. The van der Waals surface area contributed by atoms with Crippen molar-refractivity contribution in [2.75, 3.05) is 26.2 Å². The molecule has 0 saturated carbocycles. The molecule has 0 bridgehead atoms. The number of nitriles is 1. The SMILES string of the molecule is CCN(CCOc1cccc(C(=O)NN)c1)CC(C)C#N. The van der Waals surface area contributed by atoms with Gasteiger partial charge in [0.05, 0.1) is 12.0 Å². The molecule has 0 saturated heterocycles. The van der Waals surface area contributed by atoms with Crippen LogP contribution in [0.2, 0.25) is 0 Å². The maximum absolute atomic E-state index is 11.4. The van der Waals surface area contributed by atoms with E-state index < -0.39 is 0 Å². The fourth-order valence-corrected chi connectivity index (χ4v) is 1.91. The van der Waals surface area contributed by atoms with Crippen LogP contribution in [-0.2, 0) is 0 Å². The number of hydrogen-bond acceptors (Lipinski definition) is 5. The zero-order chi connectivity index (χ0) is 15.7. The van der Waals surface area contributed by atoms with Crippen molar-refractivity contribution in [3.8, 4) is 11.8 Å². The van der Waals surface area contributed by atoms with E-state index in [2.05, 4.69) is 23.3 Å². The zero-order valence-corrected chi connectivity index (χ0v) is 12.5. The summed E-state index contributed by atoms with van der Waals surface area (Å²) in [6.07, 6.45) is 0. The summed E-state index contributed by atoms with van der Waals surface area (Å²) in [5, 5.41) is 8.83. The highest BCUT2D eigenvalue weighted by Crippen LogP contribution is 2.13. The number of nitrogens with two attached hydrogens (primary N) is 1.